The zero-order valence-electron chi connectivity index (χ0n) is 14.7. The van der Waals surface area contributed by atoms with Crippen LogP contribution < -0.4 is 5.73 Å². The van der Waals surface area contributed by atoms with Gasteiger partial charge >= 0.3 is 0 Å². The Labute approximate surface area is 143 Å². The summed E-state index contributed by atoms with van der Waals surface area (Å²) >= 11 is 0. The van der Waals surface area contributed by atoms with Gasteiger partial charge in [-0.1, -0.05) is 0 Å². The summed E-state index contributed by atoms with van der Waals surface area (Å²) in [5.41, 5.74) is 10.4. The molecule has 2 N–H and O–H groups in total. The lowest BCUT2D eigenvalue weighted by atomic mass is 9.79. The number of hydrogen-bond donors (Lipinski definition) is 1. The number of carbonyl (C=O) groups excluding carboxylic acids is 1. The van der Waals surface area contributed by atoms with Crippen LogP contribution in [0, 0.1) is 26.7 Å². The van der Waals surface area contributed by atoms with Crippen LogP contribution in [0.15, 0.2) is 18.5 Å². The van der Waals surface area contributed by atoms with E-state index in [0.717, 1.165) is 24.9 Å². The van der Waals surface area contributed by atoms with Gasteiger partial charge in [0.15, 0.2) is 0 Å². The number of amides is 1. The fraction of sp³-hybridized carbons (Fsp3) is 0.526. The van der Waals surface area contributed by atoms with Gasteiger partial charge in [-0.3, -0.25) is 14.5 Å². The monoisotopic (exact) mass is 326 g/mol. The summed E-state index contributed by atoms with van der Waals surface area (Å²) in [6.45, 7) is 7.08. The fourth-order valence-electron chi connectivity index (χ4n) is 3.67. The number of hydrogen-bond acceptors (Lipinski definition) is 3. The van der Waals surface area contributed by atoms with Gasteiger partial charge in [0.2, 0.25) is 0 Å². The smallest absolute Gasteiger partial charge is 0.250 e. The Kier molecular flexibility index (Phi) is 4.69. The third-order valence-electron chi connectivity index (χ3n) is 5.47. The van der Waals surface area contributed by atoms with Crippen LogP contribution >= 0.6 is 0 Å². The van der Waals surface area contributed by atoms with Gasteiger partial charge in [0.1, 0.15) is 0 Å². The van der Waals surface area contributed by atoms with Crippen LogP contribution in [-0.4, -0.2) is 20.7 Å². The molecule has 0 spiro atoms. The van der Waals surface area contributed by atoms with Gasteiger partial charge in [0, 0.05) is 24.1 Å². The average molecular weight is 326 g/mol. The minimum atomic E-state index is -0.389. The van der Waals surface area contributed by atoms with Crippen molar-refractivity contribution in [2.45, 2.75) is 58.9 Å². The first-order chi connectivity index (χ1) is 11.5. The highest BCUT2D eigenvalue weighted by molar-refractivity contribution is 5.93. The number of primary amides is 1. The molecule has 0 atom stereocenters. The Hall–Kier alpha value is -2.17. The second-order valence-corrected chi connectivity index (χ2v) is 7.08. The van der Waals surface area contributed by atoms with Crippen molar-refractivity contribution < 1.29 is 4.79 Å². The Morgan fingerprint density at radius 3 is 2.50 bits per heavy atom. The van der Waals surface area contributed by atoms with E-state index in [1.165, 1.54) is 24.1 Å². The first-order valence-electron chi connectivity index (χ1n) is 8.71. The van der Waals surface area contributed by atoms with Crippen molar-refractivity contribution >= 4 is 5.91 Å². The van der Waals surface area contributed by atoms with Gasteiger partial charge in [-0.2, -0.15) is 5.10 Å². The van der Waals surface area contributed by atoms with Crippen LogP contribution in [0.3, 0.4) is 0 Å². The topological polar surface area (TPSA) is 73.8 Å². The molecule has 0 bridgehead atoms. The maximum Gasteiger partial charge on any atom is 0.250 e. The number of pyridine rings is 1. The molecule has 2 aromatic rings. The molecule has 0 radical (unpaired) electrons. The van der Waals surface area contributed by atoms with Crippen LogP contribution in [0.1, 0.15) is 64.5 Å². The quantitative estimate of drug-likeness (QED) is 0.937. The van der Waals surface area contributed by atoms with E-state index in [1.54, 1.807) is 0 Å². The van der Waals surface area contributed by atoms with Gasteiger partial charge in [-0.25, -0.2) is 0 Å². The second-order valence-electron chi connectivity index (χ2n) is 7.08. The number of aryl methyl sites for hydroxylation is 2. The molecule has 0 unspecified atom stereocenters. The number of aromatic nitrogens is 3. The summed E-state index contributed by atoms with van der Waals surface area (Å²) in [4.78, 5) is 15.9. The molecule has 0 aromatic carbocycles. The Morgan fingerprint density at radius 2 is 1.92 bits per heavy atom. The molecule has 2 aromatic heterocycles. The van der Waals surface area contributed by atoms with E-state index in [2.05, 4.69) is 28.6 Å². The van der Waals surface area contributed by atoms with Crippen molar-refractivity contribution in [3.63, 3.8) is 0 Å². The summed E-state index contributed by atoms with van der Waals surface area (Å²) in [6.07, 6.45) is 8.49. The Morgan fingerprint density at radius 1 is 1.21 bits per heavy atom. The van der Waals surface area contributed by atoms with Crippen LogP contribution in [0.25, 0.3) is 0 Å². The predicted molar refractivity (Wildman–Crippen MR) is 93.9 cm³/mol. The highest BCUT2D eigenvalue weighted by atomic mass is 16.1. The van der Waals surface area contributed by atoms with Crippen molar-refractivity contribution in [3.8, 4) is 0 Å². The first kappa shape index (κ1) is 16.7. The summed E-state index contributed by atoms with van der Waals surface area (Å²) < 4.78 is 2.14. The van der Waals surface area contributed by atoms with Crippen LogP contribution in [-0.2, 0) is 6.54 Å². The molecule has 1 amide bonds. The van der Waals surface area contributed by atoms with Crippen molar-refractivity contribution in [2.75, 3.05) is 0 Å². The zero-order valence-corrected chi connectivity index (χ0v) is 14.7. The van der Waals surface area contributed by atoms with E-state index in [4.69, 9.17) is 5.73 Å². The van der Waals surface area contributed by atoms with E-state index in [0.29, 0.717) is 23.1 Å². The Balaban J connectivity index is 1.64. The first-order valence-corrected chi connectivity index (χ1v) is 8.71. The van der Waals surface area contributed by atoms with Crippen LogP contribution in [0.2, 0.25) is 0 Å². The molecule has 0 aliphatic heterocycles. The molecule has 0 saturated heterocycles. The van der Waals surface area contributed by atoms with Gasteiger partial charge in [0.25, 0.3) is 5.91 Å². The lowest BCUT2D eigenvalue weighted by Crippen LogP contribution is -2.20. The van der Waals surface area contributed by atoms with E-state index in [1.807, 2.05) is 25.4 Å². The molecular weight excluding hydrogens is 300 g/mol. The van der Waals surface area contributed by atoms with Crippen LogP contribution in [0.4, 0.5) is 0 Å². The van der Waals surface area contributed by atoms with E-state index >= 15 is 0 Å². The van der Waals surface area contributed by atoms with Gasteiger partial charge < -0.3 is 5.73 Å². The SMILES string of the molecule is Cc1cnn(CC2CCC(c3cnc(C)c(C(N)=O)c3)CC2)c1C. The third kappa shape index (κ3) is 3.35. The highest BCUT2D eigenvalue weighted by Gasteiger charge is 2.24. The average Bonchev–Trinajstić information content (AvgIpc) is 2.88. The second kappa shape index (κ2) is 6.75. The van der Waals surface area contributed by atoms with Crippen molar-refractivity contribution in [3.05, 3.63) is 46.5 Å². The van der Waals surface area contributed by atoms with Crippen molar-refractivity contribution in [1.29, 1.82) is 0 Å². The van der Waals surface area contributed by atoms with E-state index in [-0.39, 0.29) is 5.91 Å². The normalized spacial score (nSPS) is 21.0. The number of nitrogens with two attached hydrogens (primary N) is 1. The summed E-state index contributed by atoms with van der Waals surface area (Å²) in [5, 5.41) is 4.48. The lowest BCUT2D eigenvalue weighted by molar-refractivity contribution is 0.0999. The minimum Gasteiger partial charge on any atom is -0.366 e. The molecule has 24 heavy (non-hydrogen) atoms. The maximum atomic E-state index is 11.5. The molecular formula is C19H26N4O. The molecule has 128 valence electrons. The highest BCUT2D eigenvalue weighted by Crippen LogP contribution is 2.36. The van der Waals surface area contributed by atoms with E-state index < -0.39 is 0 Å². The number of nitrogens with zero attached hydrogens (tertiary/aromatic N) is 3. The minimum absolute atomic E-state index is 0.389. The maximum absolute atomic E-state index is 11.5. The molecule has 3 rings (SSSR count). The van der Waals surface area contributed by atoms with Crippen molar-refractivity contribution in [1.82, 2.24) is 14.8 Å². The standard InChI is InChI=1S/C19H26N4O/c1-12-9-22-23(14(12)3)11-15-4-6-16(7-5-15)17-8-18(19(20)24)13(2)21-10-17/h8-10,15-16H,4-7,11H2,1-3H3,(H2,20,24). The zero-order chi connectivity index (χ0) is 17.3. The van der Waals surface area contributed by atoms with E-state index in [9.17, 15) is 4.79 Å². The summed E-state index contributed by atoms with van der Waals surface area (Å²) in [7, 11) is 0. The fourth-order valence-corrected chi connectivity index (χ4v) is 3.67. The lowest BCUT2D eigenvalue weighted by Gasteiger charge is -2.29. The number of carbonyl (C=O) groups is 1. The van der Waals surface area contributed by atoms with Gasteiger partial charge in [0.05, 0.1) is 11.8 Å². The van der Waals surface area contributed by atoms with Gasteiger partial charge in [-0.05, 0) is 75.5 Å². The largest absolute Gasteiger partial charge is 0.366 e. The predicted octanol–water partition coefficient (Wildman–Crippen LogP) is 3.28. The summed E-state index contributed by atoms with van der Waals surface area (Å²) in [6, 6.07) is 1.94. The third-order valence-corrected chi connectivity index (χ3v) is 5.47. The molecule has 2 heterocycles. The number of rotatable bonds is 4. The van der Waals surface area contributed by atoms with Crippen LogP contribution in [0.5, 0.6) is 0 Å². The molecule has 5 heteroatoms. The molecule has 1 aliphatic rings. The van der Waals surface area contributed by atoms with Gasteiger partial charge in [-0.15, -0.1) is 0 Å². The molecule has 1 fully saturated rings. The molecule has 5 nitrogen and oxygen atoms in total. The Bertz CT molecular complexity index is 742. The van der Waals surface area contributed by atoms with Crippen molar-refractivity contribution in [2.24, 2.45) is 11.7 Å². The molecule has 1 aliphatic carbocycles. The summed E-state index contributed by atoms with van der Waals surface area (Å²) in [5.74, 6) is 0.765. The molecule has 1 saturated carbocycles.